The van der Waals surface area contributed by atoms with Crippen molar-refractivity contribution in [3.63, 3.8) is 0 Å². The lowest BCUT2D eigenvalue weighted by atomic mass is 10.8. The second-order valence-corrected chi connectivity index (χ2v) is 3.04. The summed E-state index contributed by atoms with van der Waals surface area (Å²) in [5, 5.41) is 25.9. The topological polar surface area (TPSA) is 228 Å². The number of amides is 3. The number of nitrogens with zero attached hydrogens (tertiary/aromatic N) is 4. The van der Waals surface area contributed by atoms with Crippen molar-refractivity contribution in [1.82, 2.24) is 31.2 Å². The molecule has 15 heteroatoms. The van der Waals surface area contributed by atoms with Gasteiger partial charge in [-0.1, -0.05) is 0 Å². The quantitative estimate of drug-likeness (QED) is 0.282. The molecule has 0 unspecified atom stereocenters. The van der Waals surface area contributed by atoms with Crippen LogP contribution in [0, 0.1) is 0 Å². The Morgan fingerprint density at radius 3 is 2.00 bits per heavy atom. The van der Waals surface area contributed by atoms with Crippen molar-refractivity contribution in [3.05, 3.63) is 0 Å². The molecule has 0 spiro atoms. The van der Waals surface area contributed by atoms with Crippen LogP contribution in [0.25, 0.3) is 0 Å². The van der Waals surface area contributed by atoms with E-state index in [0.29, 0.717) is 5.12 Å². The highest BCUT2D eigenvalue weighted by molar-refractivity contribution is 5.71. The van der Waals surface area contributed by atoms with Crippen molar-refractivity contribution in [3.8, 4) is 0 Å². The third-order valence-electron chi connectivity index (χ3n) is 1.54. The predicted octanol–water partition coefficient (Wildman–Crippen LogP) is -1.78. The third-order valence-corrected chi connectivity index (χ3v) is 1.54. The van der Waals surface area contributed by atoms with Gasteiger partial charge in [-0.15, -0.1) is 5.12 Å². The molecule has 21 heavy (non-hydrogen) atoms. The maximum Gasteiger partial charge on any atom is 0.425 e. The van der Waals surface area contributed by atoms with Crippen LogP contribution in [0.15, 0.2) is 0 Å². The van der Waals surface area contributed by atoms with Gasteiger partial charge in [-0.2, -0.15) is 15.0 Å². The molecular weight excluding hydrogens is 294 g/mol. The minimum absolute atomic E-state index is 0.314. The third kappa shape index (κ3) is 5.16. The summed E-state index contributed by atoms with van der Waals surface area (Å²) in [6, 6.07) is 0. The summed E-state index contributed by atoms with van der Waals surface area (Å²) in [5.74, 6) is -1.38. The molecule has 9 N–H and O–H groups in total. The van der Waals surface area contributed by atoms with Crippen LogP contribution in [0.5, 0.6) is 0 Å². The molecule has 0 aliphatic carbocycles. The number of nitrogens with two attached hydrogens (primary N) is 1. The predicted molar refractivity (Wildman–Crippen MR) is 63.8 cm³/mol. The molecule has 15 nitrogen and oxygen atoms in total. The van der Waals surface area contributed by atoms with Crippen molar-refractivity contribution in [2.45, 2.75) is 0 Å². The first-order valence-electron chi connectivity index (χ1n) is 4.83. The molecule has 0 aliphatic rings. The summed E-state index contributed by atoms with van der Waals surface area (Å²) >= 11 is 0. The highest BCUT2D eigenvalue weighted by Gasteiger charge is 2.17. The lowest BCUT2D eigenvalue weighted by Gasteiger charge is -2.20. The molecule has 0 aliphatic heterocycles. The first kappa shape index (κ1) is 15.3. The number of hydrazine groups is 3. The van der Waals surface area contributed by atoms with E-state index in [1.807, 2.05) is 5.43 Å². The van der Waals surface area contributed by atoms with E-state index in [1.54, 1.807) is 16.3 Å². The van der Waals surface area contributed by atoms with E-state index in [9.17, 15) is 14.4 Å². The summed E-state index contributed by atoms with van der Waals surface area (Å²) in [4.78, 5) is 41.9. The van der Waals surface area contributed by atoms with Gasteiger partial charge in [-0.3, -0.25) is 5.43 Å². The van der Waals surface area contributed by atoms with Gasteiger partial charge >= 0.3 is 18.3 Å². The van der Waals surface area contributed by atoms with Gasteiger partial charge in [0.05, 0.1) is 0 Å². The Bertz CT molecular complexity index is 548. The Balaban J connectivity index is 3.03. The van der Waals surface area contributed by atoms with Gasteiger partial charge in [0, 0.05) is 0 Å². The maximum atomic E-state index is 10.6. The zero-order valence-corrected chi connectivity index (χ0v) is 9.93. The molecule has 0 saturated heterocycles. The lowest BCUT2D eigenvalue weighted by Crippen LogP contribution is -2.53. The van der Waals surface area contributed by atoms with Gasteiger partial charge in [0.25, 0.3) is 5.95 Å². The number of aromatic nitrogens is 3. The molecule has 0 saturated carbocycles. The average Bonchev–Trinajstić information content (AvgIpc) is 2.33. The molecule has 0 fully saturated rings. The monoisotopic (exact) mass is 303 g/mol. The van der Waals surface area contributed by atoms with Gasteiger partial charge in [0.1, 0.15) is 0 Å². The number of anilines is 3. The summed E-state index contributed by atoms with van der Waals surface area (Å²) in [7, 11) is 0. The maximum absolute atomic E-state index is 10.6. The molecule has 0 aromatic carbocycles. The standard InChI is InChI=1S/C6H9N9O6/c7-1-8-2(11-12-4(16)17)10-3(9-1)15(13-5(18)19)14-6(20)21/h12-14H,(H,16,17)(H,18,19)(H,20,21)(H3,7,8,9,10,11). The summed E-state index contributed by atoms with van der Waals surface area (Å²) < 4.78 is 0. The summed E-state index contributed by atoms with van der Waals surface area (Å²) in [5.41, 5.74) is 12.3. The van der Waals surface area contributed by atoms with Crippen LogP contribution in [-0.4, -0.2) is 48.6 Å². The smallest absolute Gasteiger partial charge is 0.425 e. The number of carboxylic acid groups (broad SMARTS) is 3. The molecule has 1 aromatic heterocycles. The first-order chi connectivity index (χ1) is 9.77. The Hall–Kier alpha value is -3.78. The van der Waals surface area contributed by atoms with E-state index in [4.69, 9.17) is 21.1 Å². The van der Waals surface area contributed by atoms with E-state index in [0.717, 1.165) is 0 Å². The highest BCUT2D eigenvalue weighted by Crippen LogP contribution is 2.08. The van der Waals surface area contributed by atoms with Gasteiger partial charge in [0.15, 0.2) is 0 Å². The molecule has 1 heterocycles. The molecule has 0 radical (unpaired) electrons. The van der Waals surface area contributed by atoms with Crippen molar-refractivity contribution in [1.29, 1.82) is 0 Å². The molecule has 114 valence electrons. The fourth-order valence-corrected chi connectivity index (χ4v) is 0.965. The number of nitrogens with one attached hydrogen (secondary N) is 4. The Morgan fingerprint density at radius 1 is 0.952 bits per heavy atom. The SMILES string of the molecule is Nc1nc(NNC(=O)O)nc(N(NC(=O)O)NC(=O)O)n1. The Kier molecular flexibility index (Phi) is 4.66. The van der Waals surface area contributed by atoms with Crippen LogP contribution in [0.3, 0.4) is 0 Å². The highest BCUT2D eigenvalue weighted by atomic mass is 16.4. The lowest BCUT2D eigenvalue weighted by molar-refractivity contribution is 0.182. The summed E-state index contributed by atoms with van der Waals surface area (Å²) in [6.07, 6.45) is -4.71. The second kappa shape index (κ2) is 6.41. The van der Waals surface area contributed by atoms with Crippen molar-refractivity contribution in [2.24, 2.45) is 0 Å². The second-order valence-electron chi connectivity index (χ2n) is 3.04. The van der Waals surface area contributed by atoms with E-state index in [1.165, 1.54) is 0 Å². The van der Waals surface area contributed by atoms with Gasteiger partial charge in [-0.05, 0) is 0 Å². The normalized spacial score (nSPS) is 9.33. The molecule has 0 atom stereocenters. The van der Waals surface area contributed by atoms with Crippen LogP contribution in [-0.2, 0) is 0 Å². The zero-order chi connectivity index (χ0) is 16.0. The fourth-order valence-electron chi connectivity index (χ4n) is 0.965. The molecule has 1 aromatic rings. The van der Waals surface area contributed by atoms with Crippen LogP contribution >= 0.6 is 0 Å². The van der Waals surface area contributed by atoms with Crippen molar-refractivity contribution < 1.29 is 29.7 Å². The number of hydrogen-bond donors (Lipinski definition) is 8. The van der Waals surface area contributed by atoms with Gasteiger partial charge < -0.3 is 21.1 Å². The zero-order valence-electron chi connectivity index (χ0n) is 9.93. The van der Waals surface area contributed by atoms with Crippen LogP contribution < -0.4 is 32.6 Å². The first-order valence-corrected chi connectivity index (χ1v) is 4.83. The number of hydrogen-bond acceptors (Lipinski definition) is 9. The van der Waals surface area contributed by atoms with Crippen LogP contribution in [0.1, 0.15) is 0 Å². The van der Waals surface area contributed by atoms with E-state index in [-0.39, 0.29) is 0 Å². The largest absolute Gasteiger partial charge is 0.464 e. The molecule has 1 rings (SSSR count). The molecule has 0 bridgehead atoms. The number of carbonyl (C=O) groups is 3. The van der Waals surface area contributed by atoms with E-state index >= 15 is 0 Å². The molecule has 3 amide bonds. The van der Waals surface area contributed by atoms with Crippen molar-refractivity contribution >= 4 is 36.1 Å². The summed E-state index contributed by atoms with van der Waals surface area (Å²) in [6.45, 7) is 0. The van der Waals surface area contributed by atoms with E-state index < -0.39 is 36.1 Å². The molecular formula is C6H9N9O6. The van der Waals surface area contributed by atoms with Crippen molar-refractivity contribution in [2.75, 3.05) is 16.3 Å². The van der Waals surface area contributed by atoms with Gasteiger partial charge in [-0.25, -0.2) is 30.7 Å². The average molecular weight is 303 g/mol. The number of rotatable bonds is 5. The Labute approximate surface area is 114 Å². The van der Waals surface area contributed by atoms with E-state index in [2.05, 4.69) is 15.0 Å². The van der Waals surface area contributed by atoms with Crippen LogP contribution in [0.4, 0.5) is 32.2 Å². The fraction of sp³-hybridized carbons (Fsp3) is 0. The minimum atomic E-state index is -1.62. The number of nitrogen functional groups attached to an aromatic ring is 1. The van der Waals surface area contributed by atoms with Gasteiger partial charge in [0.2, 0.25) is 11.9 Å². The Morgan fingerprint density at radius 2 is 1.52 bits per heavy atom. The van der Waals surface area contributed by atoms with Crippen LogP contribution in [0.2, 0.25) is 0 Å². The minimum Gasteiger partial charge on any atom is -0.464 e.